The number of methoxy groups -OCH3 is 2. The Morgan fingerprint density at radius 3 is 1.44 bits per heavy atom. The predicted octanol–water partition coefficient (Wildman–Crippen LogP) is 17.5. The van der Waals surface area contributed by atoms with Gasteiger partial charge in [0.05, 0.1) is 34.0 Å². The van der Waals surface area contributed by atoms with Crippen molar-refractivity contribution in [2.75, 3.05) is 101 Å². The molecule has 4 atom stereocenters. The van der Waals surface area contributed by atoms with Crippen LogP contribution in [0.1, 0.15) is 155 Å². The molecule has 10 nitrogen and oxygen atoms in total. The number of piperidine rings is 2. The van der Waals surface area contributed by atoms with E-state index >= 15 is 0 Å². The maximum atomic E-state index is 12.6. The van der Waals surface area contributed by atoms with Gasteiger partial charge >= 0.3 is 0 Å². The maximum absolute atomic E-state index is 12.6. The highest BCUT2D eigenvalue weighted by molar-refractivity contribution is 9.09. The van der Waals surface area contributed by atoms with E-state index in [-0.39, 0.29) is 17.6 Å². The van der Waals surface area contributed by atoms with Crippen LogP contribution in [0.3, 0.4) is 0 Å². The first-order valence-electron chi connectivity index (χ1n) is 28.7. The smallest absolute Gasteiger partial charge is 0.200 e. The molecule has 0 amide bonds. The van der Waals surface area contributed by atoms with Crippen LogP contribution >= 0.6 is 30.7 Å². The molecule has 2 aliphatic heterocycles. The molecule has 2 fully saturated rings. The Bertz CT molecular complexity index is 2440. The third kappa shape index (κ3) is 24.4. The largest absolute Gasteiger partial charge is 0.508 e. The number of phenolic OH excluding ortho intramolecular Hbond substituents is 1. The van der Waals surface area contributed by atoms with Gasteiger partial charge in [-0.05, 0) is 171 Å². The van der Waals surface area contributed by atoms with Crippen LogP contribution in [-0.4, -0.2) is 96.3 Å². The number of ether oxygens (including phenoxy) is 3. The first-order valence-corrected chi connectivity index (χ1v) is 34.3. The van der Waals surface area contributed by atoms with Crippen molar-refractivity contribution in [2.24, 2.45) is 22.7 Å². The van der Waals surface area contributed by atoms with Gasteiger partial charge in [0.15, 0.2) is 0 Å². The van der Waals surface area contributed by atoms with Crippen LogP contribution in [0.2, 0.25) is 0 Å². The van der Waals surface area contributed by atoms with Crippen molar-refractivity contribution < 1.29 is 37.5 Å². The first kappa shape index (κ1) is 66.1. The molecule has 432 valence electrons. The van der Waals surface area contributed by atoms with Gasteiger partial charge in [-0.1, -0.05) is 108 Å². The number of aromatic hydroxyl groups is 1. The molecule has 13 heteroatoms. The van der Waals surface area contributed by atoms with Gasteiger partial charge in [-0.3, -0.25) is 9.13 Å². The summed E-state index contributed by atoms with van der Waals surface area (Å²) in [6.07, 6.45) is 13.0. The average molecular weight is 1170 g/mol. The van der Waals surface area contributed by atoms with E-state index in [2.05, 4.69) is 123 Å². The third-order valence-corrected chi connectivity index (χ3v) is 19.8. The van der Waals surface area contributed by atoms with Gasteiger partial charge in [0.2, 0.25) is 14.7 Å². The van der Waals surface area contributed by atoms with E-state index in [1.54, 1.807) is 45.7 Å². The third-order valence-electron chi connectivity index (χ3n) is 14.8. The Balaban J connectivity index is 0.000000277. The monoisotopic (exact) mass is 1170 g/mol. The fraction of sp³-hybridized carbons (Fsp3) is 0.625. The molecule has 0 aromatic heterocycles. The molecule has 0 saturated carbocycles. The standard InChI is InChI=1S/C32H50NO4P.C20H32BrNO.C12H19O3P/c1-8-37-38(7,34)24-25(2)28-11-9-13-30(21-28)36-23-26-16-19-33(20-17-26)31-22-29(35-6)15-14-27(31)12-10-18-32(3,4)5;1-20(2,3)11-5-6-17-7-8-18(23-4)14-19(17)22-12-9-16(15-21)10-13-22;1-4-15-16(3,14)9-10(2)11-6-5-7-12(13)8-11/h9,11,13-15,21-22,25-26H,8,10,12,16-20,23-24H2,1-7H3;7-8,14,16H,5-6,9-13,15H2,1-4H3;5-8,10,13H,4,9H2,1-3H3/t25-,38?;;10-,16?/m0.0/s1. The van der Waals surface area contributed by atoms with E-state index in [4.69, 9.17) is 23.3 Å². The number of benzene rings is 4. The number of nitrogens with zero attached hydrogens (tertiary/aromatic N) is 2. The van der Waals surface area contributed by atoms with Crippen LogP contribution < -0.4 is 24.0 Å². The second-order valence-corrected chi connectivity index (χ2v) is 30.3. The number of aryl methyl sites for hydroxylation is 2. The maximum Gasteiger partial charge on any atom is 0.200 e. The van der Waals surface area contributed by atoms with Crippen molar-refractivity contribution in [3.05, 3.63) is 107 Å². The quantitative estimate of drug-likeness (QED) is 0.0538. The van der Waals surface area contributed by atoms with Crippen molar-refractivity contribution in [1.82, 2.24) is 0 Å². The number of phenols is 1. The summed E-state index contributed by atoms with van der Waals surface area (Å²) in [6, 6.07) is 28.5. The summed E-state index contributed by atoms with van der Waals surface area (Å²) in [4.78, 5) is 5.10. The van der Waals surface area contributed by atoms with E-state index in [9.17, 15) is 14.2 Å². The molecule has 2 unspecified atom stereocenters. The summed E-state index contributed by atoms with van der Waals surface area (Å²) in [5.41, 5.74) is 8.55. The predicted molar refractivity (Wildman–Crippen MR) is 331 cm³/mol. The van der Waals surface area contributed by atoms with Gasteiger partial charge in [0, 0.05) is 80.7 Å². The number of hydrogen-bond donors (Lipinski definition) is 1. The van der Waals surface area contributed by atoms with E-state index < -0.39 is 14.7 Å². The fourth-order valence-corrected chi connectivity index (χ4v) is 14.8. The summed E-state index contributed by atoms with van der Waals surface area (Å²) in [5.74, 6) is 4.69. The average Bonchev–Trinajstić information content (AvgIpc) is 3.38. The lowest BCUT2D eigenvalue weighted by Crippen LogP contribution is -2.36. The van der Waals surface area contributed by atoms with E-state index in [0.29, 0.717) is 42.3 Å². The highest BCUT2D eigenvalue weighted by Crippen LogP contribution is 2.47. The molecule has 2 saturated heterocycles. The minimum absolute atomic E-state index is 0.120. The van der Waals surface area contributed by atoms with Gasteiger partial charge < -0.3 is 38.2 Å². The molecule has 0 aliphatic carbocycles. The van der Waals surface area contributed by atoms with E-state index in [1.165, 1.54) is 61.0 Å². The molecule has 77 heavy (non-hydrogen) atoms. The van der Waals surface area contributed by atoms with Crippen LogP contribution in [0.5, 0.6) is 23.0 Å². The number of rotatable bonds is 24. The van der Waals surface area contributed by atoms with Crippen molar-refractivity contribution in [3.8, 4) is 23.0 Å². The molecular formula is C64H101BrN2O8P2. The van der Waals surface area contributed by atoms with Crippen molar-refractivity contribution >= 4 is 42.0 Å². The topological polar surface area (TPSA) is 107 Å². The molecule has 4 aromatic rings. The van der Waals surface area contributed by atoms with Gasteiger partial charge in [-0.15, -0.1) is 0 Å². The molecule has 2 heterocycles. The molecule has 0 radical (unpaired) electrons. The molecule has 0 bridgehead atoms. The minimum Gasteiger partial charge on any atom is -0.508 e. The lowest BCUT2D eigenvalue weighted by Gasteiger charge is -2.35. The zero-order valence-corrected chi connectivity index (χ0v) is 53.4. The van der Waals surface area contributed by atoms with Crippen molar-refractivity contribution in [1.29, 1.82) is 0 Å². The number of halogens is 1. The Morgan fingerprint density at radius 2 is 1.04 bits per heavy atom. The van der Waals surface area contributed by atoms with Crippen LogP contribution in [-0.2, 0) is 31.0 Å². The van der Waals surface area contributed by atoms with E-state index in [0.717, 1.165) is 98.1 Å². The van der Waals surface area contributed by atoms with Gasteiger partial charge in [-0.2, -0.15) is 0 Å². The Labute approximate surface area is 476 Å². The molecule has 4 aromatic carbocycles. The fourth-order valence-electron chi connectivity index (χ4n) is 10.5. The Morgan fingerprint density at radius 1 is 0.610 bits per heavy atom. The zero-order valence-electron chi connectivity index (χ0n) is 50.0. The van der Waals surface area contributed by atoms with E-state index in [1.807, 2.05) is 39.0 Å². The number of hydrogen-bond acceptors (Lipinski definition) is 10. The molecule has 0 spiro atoms. The van der Waals surface area contributed by atoms with Crippen LogP contribution in [0.15, 0.2) is 84.9 Å². The second kappa shape index (κ2) is 32.1. The van der Waals surface area contributed by atoms with Gasteiger partial charge in [0.25, 0.3) is 0 Å². The SMILES string of the molecule is CCOP(C)(=O)C[C@H](C)c1cccc(O)c1.CCOP(C)(=O)C[C@H](C)c1cccc(OCC2CCN(c3cc(OC)ccc3CCCC(C)(C)C)CC2)c1.COc1ccc(CCCC(C)(C)C)c(N2CCC(CBr)CC2)c1. The van der Waals surface area contributed by atoms with Crippen LogP contribution in [0.4, 0.5) is 11.4 Å². The number of alkyl halides is 1. The lowest BCUT2D eigenvalue weighted by molar-refractivity contribution is 0.222. The first-order chi connectivity index (χ1) is 36.4. The Kier molecular flexibility index (Phi) is 27.5. The Hall–Kier alpha value is -3.46. The van der Waals surface area contributed by atoms with Crippen molar-refractivity contribution in [3.63, 3.8) is 0 Å². The van der Waals surface area contributed by atoms with Crippen molar-refractivity contribution in [2.45, 2.75) is 145 Å². The van der Waals surface area contributed by atoms with Crippen LogP contribution in [0.25, 0.3) is 0 Å². The highest BCUT2D eigenvalue weighted by Gasteiger charge is 2.26. The second-order valence-electron chi connectivity index (χ2n) is 24.3. The summed E-state index contributed by atoms with van der Waals surface area (Å²) < 4.78 is 52.6. The van der Waals surface area contributed by atoms with Crippen LogP contribution in [0, 0.1) is 22.7 Å². The molecule has 1 N–H and O–H groups in total. The van der Waals surface area contributed by atoms with Gasteiger partial charge in [-0.25, -0.2) is 0 Å². The molecular weight excluding hydrogens is 1070 g/mol. The normalized spacial score (nSPS) is 16.9. The summed E-state index contributed by atoms with van der Waals surface area (Å²) in [7, 11) is -1.58. The highest BCUT2D eigenvalue weighted by atomic mass is 79.9. The minimum atomic E-state index is -2.57. The molecule has 6 rings (SSSR count). The lowest BCUT2D eigenvalue weighted by atomic mass is 9.88. The number of anilines is 2. The van der Waals surface area contributed by atoms with Gasteiger partial charge in [0.1, 0.15) is 23.0 Å². The zero-order chi connectivity index (χ0) is 56.8. The summed E-state index contributed by atoms with van der Waals surface area (Å²) in [6.45, 7) is 31.2. The molecule has 2 aliphatic rings. The summed E-state index contributed by atoms with van der Waals surface area (Å²) in [5, 5.41) is 10.5. The summed E-state index contributed by atoms with van der Waals surface area (Å²) >= 11 is 3.64.